The third-order valence-electron chi connectivity index (χ3n) is 5.28. The average Bonchev–Trinajstić information content (AvgIpc) is 2.72. The van der Waals surface area contributed by atoms with Crippen LogP contribution in [0.2, 0.25) is 0 Å². The summed E-state index contributed by atoms with van der Waals surface area (Å²) in [6.45, 7) is 14.4. The van der Waals surface area contributed by atoms with Crippen LogP contribution in [0.5, 0.6) is 5.75 Å². The first-order valence-electron chi connectivity index (χ1n) is 12.2. The van der Waals surface area contributed by atoms with Crippen LogP contribution in [0.3, 0.4) is 0 Å². The normalized spacial score (nSPS) is 12.0. The van der Waals surface area contributed by atoms with Crippen LogP contribution in [-0.2, 0) is 22.5 Å². The Balaban J connectivity index is 2.85. The first kappa shape index (κ1) is 28.2. The lowest BCUT2D eigenvalue weighted by Crippen LogP contribution is -2.39. The number of nitrogens with two attached hydrogens (primary N) is 1. The Morgan fingerprint density at radius 3 is 2.29 bits per heavy atom. The molecule has 8 nitrogen and oxygen atoms in total. The van der Waals surface area contributed by atoms with Crippen molar-refractivity contribution in [1.29, 1.82) is 0 Å². The van der Waals surface area contributed by atoms with Gasteiger partial charge in [-0.05, 0) is 56.7 Å². The molecule has 0 unspecified atom stereocenters. The fourth-order valence-corrected chi connectivity index (χ4v) is 3.71. The van der Waals surface area contributed by atoms with Gasteiger partial charge in [0.25, 0.3) is 5.56 Å². The Bertz CT molecular complexity index is 1120. The summed E-state index contributed by atoms with van der Waals surface area (Å²) in [5, 5.41) is 1.09. The van der Waals surface area contributed by atoms with E-state index in [9.17, 15) is 14.4 Å². The molecule has 2 aromatic rings. The van der Waals surface area contributed by atoms with E-state index >= 15 is 0 Å². The molecule has 0 saturated heterocycles. The topological polar surface area (TPSA) is 104 Å². The van der Waals surface area contributed by atoms with Crippen molar-refractivity contribution in [3.05, 3.63) is 34.1 Å². The molecule has 8 heteroatoms. The molecule has 0 aliphatic rings. The maximum Gasteiger partial charge on any atom is 0.415 e. The number of aromatic nitrogens is 1. The number of hydrogen-bond donors (Lipinski definition) is 1. The summed E-state index contributed by atoms with van der Waals surface area (Å²) in [7, 11) is 1.59. The number of hydrogen-bond acceptors (Lipinski definition) is 5. The van der Waals surface area contributed by atoms with E-state index in [1.54, 1.807) is 38.5 Å². The summed E-state index contributed by atoms with van der Waals surface area (Å²) in [5.41, 5.74) is 5.03. The molecule has 194 valence electrons. The van der Waals surface area contributed by atoms with E-state index in [2.05, 4.69) is 6.92 Å². The van der Waals surface area contributed by atoms with Crippen molar-refractivity contribution in [2.45, 2.75) is 86.3 Å². The molecule has 1 heterocycles. The van der Waals surface area contributed by atoms with Crippen LogP contribution < -0.4 is 20.9 Å². The highest BCUT2D eigenvalue weighted by Crippen LogP contribution is 2.37. The summed E-state index contributed by atoms with van der Waals surface area (Å²) < 4.78 is 13.5. The molecule has 2 rings (SSSR count). The predicted octanol–water partition coefficient (Wildman–Crippen LogP) is 5.02. The molecule has 0 spiro atoms. The number of primary amides is 1. The molecule has 0 aliphatic carbocycles. The Morgan fingerprint density at radius 1 is 1.09 bits per heavy atom. The van der Waals surface area contributed by atoms with Gasteiger partial charge in [0.15, 0.2) is 11.6 Å². The van der Waals surface area contributed by atoms with Crippen LogP contribution in [0.25, 0.3) is 10.8 Å². The van der Waals surface area contributed by atoms with Gasteiger partial charge in [-0.15, -0.1) is 0 Å². The first-order valence-corrected chi connectivity index (χ1v) is 12.2. The predicted molar refractivity (Wildman–Crippen MR) is 140 cm³/mol. The molecule has 0 atom stereocenters. The van der Waals surface area contributed by atoms with E-state index in [-0.39, 0.29) is 17.4 Å². The number of ether oxygens (including phenoxy) is 2. The average molecular weight is 488 g/mol. The fourth-order valence-electron chi connectivity index (χ4n) is 3.71. The maximum atomic E-state index is 13.8. The van der Waals surface area contributed by atoms with Crippen LogP contribution in [0.1, 0.15) is 73.3 Å². The zero-order valence-electron chi connectivity index (χ0n) is 22.5. The molecule has 0 bridgehead atoms. The van der Waals surface area contributed by atoms with Gasteiger partial charge in [0.1, 0.15) is 5.60 Å². The number of amides is 2. The zero-order chi connectivity index (χ0) is 26.6. The number of nitrogens with zero attached hydrogens (tertiary/aromatic N) is 2. The maximum absolute atomic E-state index is 13.8. The minimum atomic E-state index is -0.706. The fraction of sp³-hybridized carbons (Fsp3) is 0.593. The monoisotopic (exact) mass is 487 g/mol. The van der Waals surface area contributed by atoms with Gasteiger partial charge in [0.2, 0.25) is 5.91 Å². The number of pyridine rings is 1. The number of carbonyl (C=O) groups excluding carboxylic acids is 2. The third-order valence-corrected chi connectivity index (χ3v) is 5.28. The van der Waals surface area contributed by atoms with E-state index in [1.165, 1.54) is 4.90 Å². The van der Waals surface area contributed by atoms with Crippen molar-refractivity contribution in [2.75, 3.05) is 18.6 Å². The quantitative estimate of drug-likeness (QED) is 0.501. The largest absolute Gasteiger partial charge is 0.489 e. The second-order valence-corrected chi connectivity index (χ2v) is 11.2. The standard InChI is InChI=1S/C27H41N3O5/c1-9-10-15-34-22-20-16-18(12-14-21(28)31)11-13-19(20)24(32)30(17-26(2,3)4)23(22)29(8)25(33)35-27(5,6)7/h11,13,16H,9-10,12,14-15,17H2,1-8H3,(H2,28,31). The summed E-state index contributed by atoms with van der Waals surface area (Å²) in [6.07, 6.45) is 1.81. The number of carbonyl (C=O) groups is 2. The van der Waals surface area contributed by atoms with Gasteiger partial charge < -0.3 is 15.2 Å². The van der Waals surface area contributed by atoms with Gasteiger partial charge >= 0.3 is 6.09 Å². The molecular formula is C27H41N3O5. The van der Waals surface area contributed by atoms with Gasteiger partial charge in [0.05, 0.1) is 12.0 Å². The van der Waals surface area contributed by atoms with E-state index in [0.29, 0.717) is 41.9 Å². The molecule has 1 aromatic heterocycles. The van der Waals surface area contributed by atoms with Crippen LogP contribution in [0.4, 0.5) is 10.6 Å². The third kappa shape index (κ3) is 7.73. The molecule has 2 N–H and O–H groups in total. The van der Waals surface area contributed by atoms with Crippen molar-refractivity contribution in [1.82, 2.24) is 4.57 Å². The van der Waals surface area contributed by atoms with Gasteiger partial charge in [-0.25, -0.2) is 4.79 Å². The highest BCUT2D eigenvalue weighted by molar-refractivity contribution is 5.97. The van der Waals surface area contributed by atoms with E-state index in [0.717, 1.165) is 18.4 Å². The van der Waals surface area contributed by atoms with E-state index in [1.807, 2.05) is 32.9 Å². The number of unbranched alkanes of at least 4 members (excludes halogenated alkanes) is 1. The zero-order valence-corrected chi connectivity index (χ0v) is 22.5. The molecule has 0 radical (unpaired) electrons. The van der Waals surface area contributed by atoms with Crippen molar-refractivity contribution in [3.63, 3.8) is 0 Å². The molecule has 2 amide bonds. The van der Waals surface area contributed by atoms with Crippen molar-refractivity contribution < 1.29 is 19.1 Å². The Morgan fingerprint density at radius 2 is 1.74 bits per heavy atom. The first-order chi connectivity index (χ1) is 16.1. The van der Waals surface area contributed by atoms with Crippen molar-refractivity contribution in [2.24, 2.45) is 11.1 Å². The van der Waals surface area contributed by atoms with E-state index in [4.69, 9.17) is 15.2 Å². The minimum absolute atomic E-state index is 0.198. The summed E-state index contributed by atoms with van der Waals surface area (Å²) in [6, 6.07) is 5.45. The van der Waals surface area contributed by atoms with Gasteiger partial charge in [0, 0.05) is 25.4 Å². The molecule has 0 aliphatic heterocycles. The van der Waals surface area contributed by atoms with Crippen LogP contribution in [0.15, 0.2) is 23.0 Å². The van der Waals surface area contributed by atoms with Gasteiger partial charge in [-0.3, -0.25) is 19.1 Å². The Hall–Kier alpha value is -3.03. The summed E-state index contributed by atoms with van der Waals surface area (Å²) in [5.74, 6) is 0.414. The number of aryl methyl sites for hydroxylation is 1. The highest BCUT2D eigenvalue weighted by Gasteiger charge is 2.29. The summed E-state index contributed by atoms with van der Waals surface area (Å²) in [4.78, 5) is 39.6. The van der Waals surface area contributed by atoms with E-state index < -0.39 is 17.6 Å². The number of fused-ring (bicyclic) bond motifs is 1. The smallest absolute Gasteiger partial charge is 0.415 e. The SMILES string of the molecule is CCCCOc1c(N(C)C(=O)OC(C)(C)C)n(CC(C)(C)C)c(=O)c2ccc(CCC(N)=O)cc12. The highest BCUT2D eigenvalue weighted by atomic mass is 16.6. The second kappa shape index (κ2) is 11.1. The van der Waals surface area contributed by atoms with Crippen molar-refractivity contribution in [3.8, 4) is 5.75 Å². The Labute approximate surface area is 208 Å². The number of anilines is 1. The molecular weight excluding hydrogens is 446 g/mol. The van der Waals surface area contributed by atoms with Crippen LogP contribution >= 0.6 is 0 Å². The second-order valence-electron chi connectivity index (χ2n) is 11.2. The minimum Gasteiger partial charge on any atom is -0.489 e. The summed E-state index contributed by atoms with van der Waals surface area (Å²) >= 11 is 0. The van der Waals surface area contributed by atoms with Gasteiger partial charge in [-0.2, -0.15) is 0 Å². The molecule has 1 aromatic carbocycles. The molecule has 35 heavy (non-hydrogen) atoms. The van der Waals surface area contributed by atoms with Crippen molar-refractivity contribution >= 4 is 28.6 Å². The Kier molecular flexibility index (Phi) is 8.98. The lowest BCUT2D eigenvalue weighted by atomic mass is 9.96. The lowest BCUT2D eigenvalue weighted by molar-refractivity contribution is -0.118. The number of rotatable bonds is 9. The lowest BCUT2D eigenvalue weighted by Gasteiger charge is -2.31. The van der Waals surface area contributed by atoms with Gasteiger partial charge in [-0.1, -0.05) is 40.2 Å². The van der Waals surface area contributed by atoms with Crippen LogP contribution in [0, 0.1) is 5.41 Å². The molecule has 0 fully saturated rings. The van der Waals surface area contributed by atoms with Crippen LogP contribution in [-0.4, -0.2) is 35.8 Å². The number of benzene rings is 1. The molecule has 0 saturated carbocycles.